The first-order chi connectivity index (χ1) is 12.1. The normalized spacial score (nSPS) is 11.1. The van der Waals surface area contributed by atoms with E-state index in [1.165, 1.54) is 0 Å². The van der Waals surface area contributed by atoms with Gasteiger partial charge in [-0.25, -0.2) is 0 Å². The number of amides is 1. The van der Waals surface area contributed by atoms with E-state index in [9.17, 15) is 4.79 Å². The van der Waals surface area contributed by atoms with Crippen molar-refractivity contribution in [1.29, 1.82) is 0 Å². The molecule has 0 aliphatic rings. The van der Waals surface area contributed by atoms with Gasteiger partial charge < -0.3 is 9.88 Å². The molecule has 3 aromatic carbocycles. The van der Waals surface area contributed by atoms with Crippen LogP contribution in [0, 0.1) is 0 Å². The lowest BCUT2D eigenvalue weighted by molar-refractivity contribution is -0.115. The summed E-state index contributed by atoms with van der Waals surface area (Å²) in [6.07, 6.45) is 2.28. The average Bonchev–Trinajstić information content (AvgIpc) is 2.91. The van der Waals surface area contributed by atoms with E-state index in [1.54, 1.807) is 0 Å². The summed E-state index contributed by atoms with van der Waals surface area (Å²) in [6, 6.07) is 19.8. The zero-order chi connectivity index (χ0) is 17.4. The zero-order valence-electron chi connectivity index (χ0n) is 13.8. The first kappa shape index (κ1) is 15.7. The van der Waals surface area contributed by atoms with Crippen LogP contribution in [0.15, 0.2) is 66.9 Å². The lowest BCUT2D eigenvalue weighted by Gasteiger charge is -2.06. The third-order valence-corrected chi connectivity index (χ3v) is 4.72. The summed E-state index contributed by atoms with van der Waals surface area (Å²) in [5.41, 5.74) is 2.73. The van der Waals surface area contributed by atoms with Crippen molar-refractivity contribution in [3.63, 3.8) is 0 Å². The molecule has 0 unspecified atom stereocenters. The third-order valence-electron chi connectivity index (χ3n) is 4.42. The van der Waals surface area contributed by atoms with Crippen molar-refractivity contribution in [3.05, 3.63) is 77.4 Å². The molecule has 1 heterocycles. The number of nitrogens with zero attached hydrogens (tertiary/aromatic N) is 1. The van der Waals surface area contributed by atoms with E-state index < -0.39 is 0 Å². The second-order valence-corrected chi connectivity index (χ2v) is 6.60. The minimum atomic E-state index is -0.0391. The fraction of sp³-hybridized carbons (Fsp3) is 0.0952. The van der Waals surface area contributed by atoms with Gasteiger partial charge in [0.15, 0.2) is 0 Å². The Labute approximate surface area is 150 Å². The number of hydrogen-bond donors (Lipinski definition) is 1. The van der Waals surface area contributed by atoms with Gasteiger partial charge in [0.2, 0.25) is 5.91 Å². The number of nitrogens with one attached hydrogen (secondary N) is 1. The van der Waals surface area contributed by atoms with Gasteiger partial charge in [0.1, 0.15) is 0 Å². The van der Waals surface area contributed by atoms with Gasteiger partial charge in [-0.3, -0.25) is 4.79 Å². The SMILES string of the molecule is Cn1cc(CC(=O)Nc2ccc3ccccc3c2)c2cccc(Cl)c21. The second kappa shape index (κ2) is 6.26. The molecule has 4 rings (SSSR count). The lowest BCUT2D eigenvalue weighted by Crippen LogP contribution is -2.14. The van der Waals surface area contributed by atoms with Crippen molar-refractivity contribution in [2.75, 3.05) is 5.32 Å². The van der Waals surface area contributed by atoms with Crippen LogP contribution in [-0.2, 0) is 18.3 Å². The number of anilines is 1. The molecule has 0 atom stereocenters. The Bertz CT molecular complexity index is 1100. The molecule has 0 aliphatic heterocycles. The molecule has 25 heavy (non-hydrogen) atoms. The Morgan fingerprint density at radius 1 is 1.04 bits per heavy atom. The fourth-order valence-electron chi connectivity index (χ4n) is 3.29. The van der Waals surface area contributed by atoms with Crippen LogP contribution in [0.2, 0.25) is 5.02 Å². The van der Waals surface area contributed by atoms with E-state index >= 15 is 0 Å². The van der Waals surface area contributed by atoms with Gasteiger partial charge in [-0.1, -0.05) is 54.1 Å². The lowest BCUT2D eigenvalue weighted by atomic mass is 10.1. The molecule has 1 N–H and O–H groups in total. The molecule has 0 bridgehead atoms. The maximum atomic E-state index is 12.5. The van der Waals surface area contributed by atoms with Gasteiger partial charge in [-0.05, 0) is 34.5 Å². The standard InChI is InChI=1S/C21H17ClN2O/c1-24-13-16(18-7-4-8-19(22)21(18)24)12-20(25)23-17-10-9-14-5-2-3-6-15(14)11-17/h2-11,13H,12H2,1H3,(H,23,25). The minimum Gasteiger partial charge on any atom is -0.349 e. The topological polar surface area (TPSA) is 34.0 Å². The molecule has 0 spiro atoms. The van der Waals surface area contributed by atoms with E-state index in [1.807, 2.05) is 72.4 Å². The summed E-state index contributed by atoms with van der Waals surface area (Å²) in [6.45, 7) is 0. The molecule has 0 fully saturated rings. The zero-order valence-corrected chi connectivity index (χ0v) is 14.5. The highest BCUT2D eigenvalue weighted by Gasteiger charge is 2.13. The number of aromatic nitrogens is 1. The van der Waals surface area contributed by atoms with Crippen LogP contribution in [0.4, 0.5) is 5.69 Å². The highest BCUT2D eigenvalue weighted by Crippen LogP contribution is 2.28. The third kappa shape index (κ3) is 2.99. The largest absolute Gasteiger partial charge is 0.349 e. The van der Waals surface area contributed by atoms with Crippen LogP contribution < -0.4 is 5.32 Å². The van der Waals surface area contributed by atoms with Gasteiger partial charge in [0.25, 0.3) is 0 Å². The maximum absolute atomic E-state index is 12.5. The summed E-state index contributed by atoms with van der Waals surface area (Å²) in [7, 11) is 1.94. The number of carbonyl (C=O) groups is 1. The number of rotatable bonds is 3. The van der Waals surface area contributed by atoms with Crippen LogP contribution in [0.5, 0.6) is 0 Å². The Morgan fingerprint density at radius 2 is 1.84 bits per heavy atom. The van der Waals surface area contributed by atoms with Crippen LogP contribution in [0.1, 0.15) is 5.56 Å². The van der Waals surface area contributed by atoms with Crippen LogP contribution >= 0.6 is 11.6 Å². The number of para-hydroxylation sites is 1. The molecule has 4 heteroatoms. The predicted molar refractivity (Wildman–Crippen MR) is 104 cm³/mol. The second-order valence-electron chi connectivity index (χ2n) is 6.19. The Kier molecular flexibility index (Phi) is 3.94. The quantitative estimate of drug-likeness (QED) is 0.544. The monoisotopic (exact) mass is 348 g/mol. The smallest absolute Gasteiger partial charge is 0.228 e. The van der Waals surface area contributed by atoms with Crippen molar-refractivity contribution in [2.45, 2.75) is 6.42 Å². The van der Waals surface area contributed by atoms with E-state index in [0.29, 0.717) is 11.4 Å². The fourth-order valence-corrected chi connectivity index (χ4v) is 3.59. The first-order valence-electron chi connectivity index (χ1n) is 8.13. The van der Waals surface area contributed by atoms with E-state index in [0.717, 1.165) is 32.9 Å². The molecular weight excluding hydrogens is 332 g/mol. The van der Waals surface area contributed by atoms with Crippen molar-refractivity contribution in [2.24, 2.45) is 7.05 Å². The summed E-state index contributed by atoms with van der Waals surface area (Å²) < 4.78 is 1.97. The molecule has 124 valence electrons. The number of benzene rings is 3. The molecule has 1 aromatic heterocycles. The number of halogens is 1. The molecular formula is C21H17ClN2O. The van der Waals surface area contributed by atoms with E-state index in [4.69, 9.17) is 11.6 Å². The van der Waals surface area contributed by atoms with Crippen molar-refractivity contribution in [1.82, 2.24) is 4.57 Å². The van der Waals surface area contributed by atoms with Crippen LogP contribution in [0.3, 0.4) is 0 Å². The first-order valence-corrected chi connectivity index (χ1v) is 8.51. The average molecular weight is 349 g/mol. The van der Waals surface area contributed by atoms with Crippen LogP contribution in [-0.4, -0.2) is 10.5 Å². The Hall–Kier alpha value is -2.78. The predicted octanol–water partition coefficient (Wildman–Crippen LogP) is 5.17. The van der Waals surface area contributed by atoms with Crippen molar-refractivity contribution < 1.29 is 4.79 Å². The van der Waals surface area contributed by atoms with Gasteiger partial charge in [-0.2, -0.15) is 0 Å². The van der Waals surface area contributed by atoms with E-state index in [2.05, 4.69) is 11.4 Å². The minimum absolute atomic E-state index is 0.0391. The summed E-state index contributed by atoms with van der Waals surface area (Å²) >= 11 is 6.28. The Balaban J connectivity index is 1.59. The molecule has 0 saturated heterocycles. The number of hydrogen-bond acceptors (Lipinski definition) is 1. The van der Waals surface area contributed by atoms with E-state index in [-0.39, 0.29) is 5.91 Å². The number of fused-ring (bicyclic) bond motifs is 2. The molecule has 0 radical (unpaired) electrons. The highest BCUT2D eigenvalue weighted by atomic mass is 35.5. The summed E-state index contributed by atoms with van der Waals surface area (Å²) in [5.74, 6) is -0.0391. The molecule has 0 saturated carbocycles. The van der Waals surface area contributed by atoms with Gasteiger partial charge >= 0.3 is 0 Å². The molecule has 4 aromatic rings. The van der Waals surface area contributed by atoms with Gasteiger partial charge in [0, 0.05) is 24.3 Å². The van der Waals surface area contributed by atoms with Crippen molar-refractivity contribution >= 4 is 44.9 Å². The molecule has 0 aliphatic carbocycles. The summed E-state index contributed by atoms with van der Waals surface area (Å²) in [5, 5.41) is 6.97. The number of aryl methyl sites for hydroxylation is 1. The number of carbonyl (C=O) groups excluding carboxylic acids is 1. The Morgan fingerprint density at radius 3 is 2.68 bits per heavy atom. The summed E-state index contributed by atoms with van der Waals surface area (Å²) in [4.78, 5) is 12.5. The highest BCUT2D eigenvalue weighted by molar-refractivity contribution is 6.35. The molecule has 3 nitrogen and oxygen atoms in total. The van der Waals surface area contributed by atoms with Gasteiger partial charge in [-0.15, -0.1) is 0 Å². The van der Waals surface area contributed by atoms with Crippen molar-refractivity contribution in [3.8, 4) is 0 Å². The molecule has 1 amide bonds. The maximum Gasteiger partial charge on any atom is 0.228 e. The van der Waals surface area contributed by atoms with Crippen LogP contribution in [0.25, 0.3) is 21.7 Å². The van der Waals surface area contributed by atoms with Gasteiger partial charge in [0.05, 0.1) is 17.0 Å².